The lowest BCUT2D eigenvalue weighted by atomic mass is 10.1. The molecule has 1 aromatic heterocycles. The van der Waals surface area contributed by atoms with E-state index in [-0.39, 0.29) is 5.91 Å². The van der Waals surface area contributed by atoms with Gasteiger partial charge in [-0.15, -0.1) is 0 Å². The molecule has 0 saturated carbocycles. The minimum atomic E-state index is 0.209. The molecule has 1 amide bonds. The lowest BCUT2D eigenvalue weighted by Gasteiger charge is -2.34. The van der Waals surface area contributed by atoms with Crippen molar-refractivity contribution in [2.75, 3.05) is 32.8 Å². The molecule has 0 radical (unpaired) electrons. The second-order valence-corrected chi connectivity index (χ2v) is 7.18. The molecule has 3 heterocycles. The van der Waals surface area contributed by atoms with Gasteiger partial charge in [0.2, 0.25) is 5.91 Å². The number of hydrogen-bond acceptors (Lipinski definition) is 5. The van der Waals surface area contributed by atoms with Gasteiger partial charge in [0, 0.05) is 44.7 Å². The van der Waals surface area contributed by atoms with Crippen LogP contribution in [0.25, 0.3) is 0 Å². The van der Waals surface area contributed by atoms with Crippen molar-refractivity contribution in [1.82, 2.24) is 15.0 Å². The number of aryl methyl sites for hydroxylation is 2. The first-order valence-corrected chi connectivity index (χ1v) is 9.26. The second-order valence-electron chi connectivity index (χ2n) is 7.18. The number of piperazine rings is 1. The van der Waals surface area contributed by atoms with E-state index in [2.05, 4.69) is 16.1 Å². The first-order valence-electron chi connectivity index (χ1n) is 9.26. The maximum atomic E-state index is 12.7. The summed E-state index contributed by atoms with van der Waals surface area (Å²) in [6.45, 7) is 8.84. The Kier molecular flexibility index (Phi) is 4.68. The number of nitrogens with zero attached hydrogens (tertiary/aromatic N) is 3. The van der Waals surface area contributed by atoms with Crippen molar-refractivity contribution in [3.8, 4) is 5.75 Å². The summed E-state index contributed by atoms with van der Waals surface area (Å²) >= 11 is 0. The number of hydrogen-bond donors (Lipinski definition) is 0. The van der Waals surface area contributed by atoms with E-state index in [0.29, 0.717) is 6.42 Å². The summed E-state index contributed by atoms with van der Waals surface area (Å²) in [6, 6.07) is 6.12. The molecule has 1 aromatic carbocycles. The zero-order valence-electron chi connectivity index (χ0n) is 15.5. The first kappa shape index (κ1) is 17.1. The molecular weight excluding hydrogens is 330 g/mol. The molecule has 2 aliphatic rings. The highest BCUT2D eigenvalue weighted by Crippen LogP contribution is 2.26. The van der Waals surface area contributed by atoms with E-state index >= 15 is 0 Å². The topological polar surface area (TPSA) is 58.8 Å². The highest BCUT2D eigenvalue weighted by Gasteiger charge is 2.23. The van der Waals surface area contributed by atoms with Gasteiger partial charge < -0.3 is 14.2 Å². The molecule has 138 valence electrons. The predicted octanol–water partition coefficient (Wildman–Crippen LogP) is 2.11. The average molecular weight is 355 g/mol. The Morgan fingerprint density at radius 3 is 2.73 bits per heavy atom. The van der Waals surface area contributed by atoms with Crippen LogP contribution in [0.2, 0.25) is 0 Å². The summed E-state index contributed by atoms with van der Waals surface area (Å²) in [5.41, 5.74) is 4.43. The summed E-state index contributed by atoms with van der Waals surface area (Å²) in [4.78, 5) is 17.0. The van der Waals surface area contributed by atoms with E-state index in [1.165, 1.54) is 11.1 Å². The van der Waals surface area contributed by atoms with Gasteiger partial charge in [-0.1, -0.05) is 17.3 Å². The molecular formula is C20H25N3O3. The van der Waals surface area contributed by atoms with Gasteiger partial charge >= 0.3 is 0 Å². The maximum Gasteiger partial charge on any atom is 0.227 e. The van der Waals surface area contributed by atoms with Gasteiger partial charge in [0.05, 0.1) is 18.7 Å². The third-order valence-electron chi connectivity index (χ3n) is 5.40. The Bertz CT molecular complexity index is 787. The number of aromatic nitrogens is 1. The standard InChI is InChI=1S/C20H25N3O3/c1-14-18(15(2)26-21-14)13-22-6-8-23(9-7-22)20(24)12-16-3-4-19-17(11-16)5-10-25-19/h3-4,11H,5-10,12-13H2,1-2H3. The molecule has 6 nitrogen and oxygen atoms in total. The van der Waals surface area contributed by atoms with Crippen LogP contribution in [0.1, 0.15) is 28.1 Å². The van der Waals surface area contributed by atoms with Crippen LogP contribution in [0, 0.1) is 13.8 Å². The molecule has 4 rings (SSSR count). The van der Waals surface area contributed by atoms with Crippen LogP contribution < -0.4 is 4.74 Å². The maximum absolute atomic E-state index is 12.7. The number of fused-ring (bicyclic) bond motifs is 1. The summed E-state index contributed by atoms with van der Waals surface area (Å²) in [7, 11) is 0. The summed E-state index contributed by atoms with van der Waals surface area (Å²) in [5.74, 6) is 2.07. The molecule has 0 unspecified atom stereocenters. The minimum Gasteiger partial charge on any atom is -0.493 e. The van der Waals surface area contributed by atoms with Gasteiger partial charge in [-0.05, 0) is 31.0 Å². The van der Waals surface area contributed by atoms with Crippen molar-refractivity contribution in [3.05, 3.63) is 46.3 Å². The quantitative estimate of drug-likeness (QED) is 0.841. The van der Waals surface area contributed by atoms with E-state index < -0.39 is 0 Å². The molecule has 6 heteroatoms. The monoisotopic (exact) mass is 355 g/mol. The Morgan fingerprint density at radius 1 is 1.19 bits per heavy atom. The van der Waals surface area contributed by atoms with E-state index in [1.807, 2.05) is 30.9 Å². The Hall–Kier alpha value is -2.34. The third-order valence-corrected chi connectivity index (χ3v) is 5.40. The lowest BCUT2D eigenvalue weighted by molar-refractivity contribution is -0.132. The summed E-state index contributed by atoms with van der Waals surface area (Å²) in [5, 5.41) is 4.02. The minimum absolute atomic E-state index is 0.209. The average Bonchev–Trinajstić information content (AvgIpc) is 3.23. The van der Waals surface area contributed by atoms with Crippen LogP contribution in [0.3, 0.4) is 0 Å². The van der Waals surface area contributed by atoms with Crippen LogP contribution in [0.15, 0.2) is 22.7 Å². The number of carbonyl (C=O) groups is 1. The fourth-order valence-corrected chi connectivity index (χ4v) is 3.74. The molecule has 1 saturated heterocycles. The van der Waals surface area contributed by atoms with Crippen molar-refractivity contribution < 1.29 is 14.1 Å². The largest absolute Gasteiger partial charge is 0.493 e. The number of rotatable bonds is 4. The van der Waals surface area contributed by atoms with Crippen LogP contribution in [-0.2, 0) is 24.2 Å². The normalized spacial score (nSPS) is 17.2. The van der Waals surface area contributed by atoms with E-state index in [0.717, 1.165) is 68.5 Å². The first-order chi connectivity index (χ1) is 12.6. The van der Waals surface area contributed by atoms with Gasteiger partial charge in [0.25, 0.3) is 0 Å². The molecule has 2 aliphatic heterocycles. The summed E-state index contributed by atoms with van der Waals surface area (Å²) in [6.07, 6.45) is 1.41. The predicted molar refractivity (Wildman–Crippen MR) is 97.2 cm³/mol. The SMILES string of the molecule is Cc1noc(C)c1CN1CCN(C(=O)Cc2ccc3c(c2)CCO3)CC1. The molecule has 0 atom stereocenters. The van der Waals surface area contributed by atoms with Crippen molar-refractivity contribution in [2.45, 2.75) is 33.2 Å². The number of amides is 1. The van der Waals surface area contributed by atoms with E-state index in [1.54, 1.807) is 0 Å². The lowest BCUT2D eigenvalue weighted by Crippen LogP contribution is -2.48. The molecule has 0 spiro atoms. The number of ether oxygens (including phenoxy) is 1. The van der Waals surface area contributed by atoms with Gasteiger partial charge in [0.15, 0.2) is 0 Å². The highest BCUT2D eigenvalue weighted by atomic mass is 16.5. The van der Waals surface area contributed by atoms with Gasteiger partial charge in [0.1, 0.15) is 11.5 Å². The van der Waals surface area contributed by atoms with Crippen LogP contribution >= 0.6 is 0 Å². The smallest absolute Gasteiger partial charge is 0.227 e. The molecule has 26 heavy (non-hydrogen) atoms. The molecule has 1 fully saturated rings. The van der Waals surface area contributed by atoms with E-state index in [4.69, 9.17) is 9.26 Å². The molecule has 0 N–H and O–H groups in total. The van der Waals surface area contributed by atoms with Crippen LogP contribution in [-0.4, -0.2) is 53.6 Å². The Labute approximate surface area is 153 Å². The Balaban J connectivity index is 1.31. The van der Waals surface area contributed by atoms with Gasteiger partial charge in [-0.2, -0.15) is 0 Å². The van der Waals surface area contributed by atoms with Crippen molar-refractivity contribution in [3.63, 3.8) is 0 Å². The fraction of sp³-hybridized carbons (Fsp3) is 0.500. The molecule has 2 aromatic rings. The van der Waals surface area contributed by atoms with Gasteiger partial charge in [-0.3, -0.25) is 9.69 Å². The van der Waals surface area contributed by atoms with Crippen molar-refractivity contribution in [1.29, 1.82) is 0 Å². The number of carbonyl (C=O) groups excluding carboxylic acids is 1. The second kappa shape index (κ2) is 7.11. The molecule has 0 aliphatic carbocycles. The molecule has 0 bridgehead atoms. The Morgan fingerprint density at radius 2 is 2.00 bits per heavy atom. The van der Waals surface area contributed by atoms with Crippen LogP contribution in [0.5, 0.6) is 5.75 Å². The van der Waals surface area contributed by atoms with Crippen molar-refractivity contribution >= 4 is 5.91 Å². The zero-order valence-corrected chi connectivity index (χ0v) is 15.5. The van der Waals surface area contributed by atoms with Crippen molar-refractivity contribution in [2.24, 2.45) is 0 Å². The van der Waals surface area contributed by atoms with Gasteiger partial charge in [-0.25, -0.2) is 0 Å². The zero-order chi connectivity index (χ0) is 18.1. The third kappa shape index (κ3) is 3.46. The number of benzene rings is 1. The van der Waals surface area contributed by atoms with E-state index in [9.17, 15) is 4.79 Å². The highest BCUT2D eigenvalue weighted by molar-refractivity contribution is 5.79. The van der Waals surface area contributed by atoms with Crippen LogP contribution in [0.4, 0.5) is 0 Å². The summed E-state index contributed by atoms with van der Waals surface area (Å²) < 4.78 is 10.8. The fourth-order valence-electron chi connectivity index (χ4n) is 3.74.